The van der Waals surface area contributed by atoms with Crippen molar-refractivity contribution in [2.75, 3.05) is 19.6 Å². The van der Waals surface area contributed by atoms with Crippen LogP contribution in [0.5, 0.6) is 0 Å². The van der Waals surface area contributed by atoms with E-state index < -0.39 is 0 Å². The lowest BCUT2D eigenvalue weighted by Gasteiger charge is -2.19. The standard InChI is InChI=1S/C18H23N3O2S/c1-20-5-2-3-16(20)18(22)19-8-15-7-14-10-21(11-17(14)23-15)9-13-4-6-24-12-13/h2-6,12,14-15,17H,7-11H2,1H3,(H,19,22)/t14-,15-,17+/m0/s1. The van der Waals surface area contributed by atoms with Gasteiger partial charge >= 0.3 is 0 Å². The first kappa shape index (κ1) is 15.9. The van der Waals surface area contributed by atoms with Gasteiger partial charge in [0.2, 0.25) is 0 Å². The van der Waals surface area contributed by atoms with Gasteiger partial charge in [0.05, 0.1) is 12.2 Å². The Balaban J connectivity index is 1.24. The fraction of sp³-hybridized carbons (Fsp3) is 0.500. The summed E-state index contributed by atoms with van der Waals surface area (Å²) in [6.07, 6.45) is 3.39. The molecule has 1 N–H and O–H groups in total. The highest BCUT2D eigenvalue weighted by molar-refractivity contribution is 7.07. The first-order valence-corrected chi connectivity index (χ1v) is 9.42. The highest BCUT2D eigenvalue weighted by atomic mass is 32.1. The molecular formula is C18H23N3O2S. The molecule has 24 heavy (non-hydrogen) atoms. The minimum absolute atomic E-state index is 0.0257. The van der Waals surface area contributed by atoms with Crippen LogP contribution in [0.4, 0.5) is 0 Å². The van der Waals surface area contributed by atoms with Gasteiger partial charge in [-0.05, 0) is 40.9 Å². The third kappa shape index (κ3) is 3.27. The number of hydrogen-bond donors (Lipinski definition) is 1. The van der Waals surface area contributed by atoms with Crippen LogP contribution in [0.1, 0.15) is 22.5 Å². The molecule has 2 aromatic heterocycles. The van der Waals surface area contributed by atoms with Crippen molar-refractivity contribution in [3.63, 3.8) is 0 Å². The monoisotopic (exact) mass is 345 g/mol. The molecule has 6 heteroatoms. The molecule has 1 amide bonds. The molecule has 0 aliphatic carbocycles. The number of nitrogens with one attached hydrogen (secondary N) is 1. The number of carbonyl (C=O) groups is 1. The van der Waals surface area contributed by atoms with Crippen molar-refractivity contribution >= 4 is 17.2 Å². The van der Waals surface area contributed by atoms with E-state index in [0.717, 1.165) is 26.1 Å². The minimum Gasteiger partial charge on any atom is -0.371 e. The summed E-state index contributed by atoms with van der Waals surface area (Å²) in [5, 5.41) is 7.36. The first-order valence-electron chi connectivity index (χ1n) is 8.47. The van der Waals surface area contributed by atoms with Crippen LogP contribution in [0.3, 0.4) is 0 Å². The summed E-state index contributed by atoms with van der Waals surface area (Å²) in [5.74, 6) is 0.572. The van der Waals surface area contributed by atoms with Gasteiger partial charge in [-0.15, -0.1) is 0 Å². The summed E-state index contributed by atoms with van der Waals surface area (Å²) in [6, 6.07) is 5.91. The van der Waals surface area contributed by atoms with E-state index in [1.165, 1.54) is 5.56 Å². The molecule has 2 saturated heterocycles. The molecule has 2 aliphatic heterocycles. The van der Waals surface area contributed by atoms with Crippen molar-refractivity contribution in [2.24, 2.45) is 13.0 Å². The summed E-state index contributed by atoms with van der Waals surface area (Å²) in [5.41, 5.74) is 2.08. The topological polar surface area (TPSA) is 46.5 Å². The van der Waals surface area contributed by atoms with Crippen LogP contribution in [-0.4, -0.2) is 47.2 Å². The van der Waals surface area contributed by atoms with Crippen LogP contribution >= 0.6 is 11.3 Å². The molecule has 2 aliphatic rings. The Bertz CT molecular complexity index is 683. The van der Waals surface area contributed by atoms with Crippen molar-refractivity contribution in [1.29, 1.82) is 0 Å². The Labute approximate surface area is 146 Å². The SMILES string of the molecule is Cn1cccc1C(=O)NC[C@@H]1C[C@H]2CN(Cc3ccsc3)C[C@H]2O1. The minimum atomic E-state index is -0.0257. The Morgan fingerprint density at radius 2 is 2.33 bits per heavy atom. The zero-order valence-electron chi connectivity index (χ0n) is 13.9. The molecule has 5 nitrogen and oxygen atoms in total. The van der Waals surface area contributed by atoms with E-state index in [4.69, 9.17) is 4.74 Å². The Hall–Kier alpha value is -1.63. The number of aromatic nitrogens is 1. The molecule has 128 valence electrons. The molecule has 4 heterocycles. The highest BCUT2D eigenvalue weighted by Crippen LogP contribution is 2.33. The Kier molecular flexibility index (Phi) is 4.43. The predicted octanol–water partition coefficient (Wildman–Crippen LogP) is 2.11. The second-order valence-corrected chi connectivity index (χ2v) is 7.61. The van der Waals surface area contributed by atoms with E-state index >= 15 is 0 Å². The molecule has 3 atom stereocenters. The lowest BCUT2D eigenvalue weighted by atomic mass is 10.0. The number of rotatable bonds is 5. The molecule has 0 spiro atoms. The third-order valence-corrected chi connectivity index (χ3v) is 5.77. The number of hydrogen-bond acceptors (Lipinski definition) is 4. The molecule has 2 fully saturated rings. The lowest BCUT2D eigenvalue weighted by molar-refractivity contribution is 0.0371. The third-order valence-electron chi connectivity index (χ3n) is 5.04. The van der Waals surface area contributed by atoms with Gasteiger partial charge in [-0.25, -0.2) is 0 Å². The molecule has 0 bridgehead atoms. The van der Waals surface area contributed by atoms with Crippen molar-refractivity contribution in [2.45, 2.75) is 25.2 Å². The first-order chi connectivity index (χ1) is 11.7. The molecule has 0 radical (unpaired) electrons. The highest BCUT2D eigenvalue weighted by Gasteiger charge is 2.41. The van der Waals surface area contributed by atoms with E-state index in [1.54, 1.807) is 11.3 Å². The second kappa shape index (κ2) is 6.70. The molecule has 0 unspecified atom stereocenters. The van der Waals surface area contributed by atoms with Crippen LogP contribution in [0.25, 0.3) is 0 Å². The van der Waals surface area contributed by atoms with E-state index in [9.17, 15) is 4.79 Å². The second-order valence-electron chi connectivity index (χ2n) is 6.83. The van der Waals surface area contributed by atoms with E-state index in [2.05, 4.69) is 27.0 Å². The summed E-state index contributed by atoms with van der Waals surface area (Å²) in [6.45, 7) is 3.72. The van der Waals surface area contributed by atoms with Gasteiger partial charge in [0.15, 0.2) is 0 Å². The van der Waals surface area contributed by atoms with E-state index in [-0.39, 0.29) is 12.0 Å². The van der Waals surface area contributed by atoms with Crippen LogP contribution in [0.15, 0.2) is 35.2 Å². The van der Waals surface area contributed by atoms with Gasteiger partial charge in [-0.3, -0.25) is 9.69 Å². The predicted molar refractivity (Wildman–Crippen MR) is 94.1 cm³/mol. The average molecular weight is 345 g/mol. The maximum absolute atomic E-state index is 12.2. The summed E-state index contributed by atoms with van der Waals surface area (Å²) >= 11 is 1.75. The zero-order chi connectivity index (χ0) is 16.5. The van der Waals surface area contributed by atoms with Gasteiger partial charge in [0.1, 0.15) is 5.69 Å². The molecule has 2 aromatic rings. The molecular weight excluding hydrogens is 322 g/mol. The Morgan fingerprint density at radius 1 is 1.42 bits per heavy atom. The zero-order valence-corrected chi connectivity index (χ0v) is 14.7. The van der Waals surface area contributed by atoms with Gasteiger partial charge in [0.25, 0.3) is 5.91 Å². The molecule has 0 aromatic carbocycles. The number of aryl methyl sites for hydroxylation is 1. The molecule has 0 saturated carbocycles. The lowest BCUT2D eigenvalue weighted by Crippen LogP contribution is -2.34. The Morgan fingerprint density at radius 3 is 3.04 bits per heavy atom. The number of amides is 1. The fourth-order valence-corrected chi connectivity index (χ4v) is 4.50. The smallest absolute Gasteiger partial charge is 0.267 e. The van der Waals surface area contributed by atoms with Crippen LogP contribution in [0.2, 0.25) is 0 Å². The van der Waals surface area contributed by atoms with Gasteiger partial charge in [-0.1, -0.05) is 0 Å². The van der Waals surface area contributed by atoms with Crippen molar-refractivity contribution in [1.82, 2.24) is 14.8 Å². The normalized spacial score (nSPS) is 26.6. The van der Waals surface area contributed by atoms with Crippen molar-refractivity contribution in [3.8, 4) is 0 Å². The summed E-state index contributed by atoms with van der Waals surface area (Å²) in [4.78, 5) is 14.6. The number of fused-ring (bicyclic) bond motifs is 1. The van der Waals surface area contributed by atoms with Crippen LogP contribution in [0, 0.1) is 5.92 Å². The van der Waals surface area contributed by atoms with E-state index in [1.807, 2.05) is 29.9 Å². The average Bonchev–Trinajstić information content (AvgIpc) is 3.29. The molecule has 4 rings (SSSR count). The van der Waals surface area contributed by atoms with E-state index in [0.29, 0.717) is 24.3 Å². The number of carbonyl (C=O) groups excluding carboxylic acids is 1. The van der Waals surface area contributed by atoms with Gasteiger partial charge < -0.3 is 14.6 Å². The van der Waals surface area contributed by atoms with Crippen molar-refractivity contribution < 1.29 is 9.53 Å². The van der Waals surface area contributed by atoms with Gasteiger partial charge in [0, 0.05) is 45.3 Å². The number of likely N-dealkylation sites (tertiary alicyclic amines) is 1. The van der Waals surface area contributed by atoms with Crippen LogP contribution in [-0.2, 0) is 18.3 Å². The number of ether oxygens (including phenoxy) is 1. The number of thiophene rings is 1. The number of nitrogens with zero attached hydrogens (tertiary/aromatic N) is 2. The fourth-order valence-electron chi connectivity index (χ4n) is 3.84. The maximum atomic E-state index is 12.2. The largest absolute Gasteiger partial charge is 0.371 e. The summed E-state index contributed by atoms with van der Waals surface area (Å²) in [7, 11) is 1.88. The van der Waals surface area contributed by atoms with Gasteiger partial charge in [-0.2, -0.15) is 11.3 Å². The summed E-state index contributed by atoms with van der Waals surface area (Å²) < 4.78 is 8.01. The van der Waals surface area contributed by atoms with Crippen molar-refractivity contribution in [3.05, 3.63) is 46.4 Å². The van der Waals surface area contributed by atoms with Crippen LogP contribution < -0.4 is 5.32 Å². The maximum Gasteiger partial charge on any atom is 0.267 e. The quantitative estimate of drug-likeness (QED) is 0.903.